The van der Waals surface area contributed by atoms with Gasteiger partial charge in [0, 0.05) is 29.7 Å². The van der Waals surface area contributed by atoms with E-state index in [0.717, 1.165) is 17.3 Å². The van der Waals surface area contributed by atoms with Gasteiger partial charge in [-0.1, -0.05) is 22.0 Å². The summed E-state index contributed by atoms with van der Waals surface area (Å²) < 4.78 is 5.99. The summed E-state index contributed by atoms with van der Waals surface area (Å²) >= 11 is 3.36. The first-order valence-electron chi connectivity index (χ1n) is 9.42. The van der Waals surface area contributed by atoms with Gasteiger partial charge in [-0.2, -0.15) is 0 Å². The molecule has 28 heavy (non-hydrogen) atoms. The van der Waals surface area contributed by atoms with E-state index < -0.39 is 11.7 Å². The molecule has 0 spiro atoms. The van der Waals surface area contributed by atoms with Crippen LogP contribution in [0.25, 0.3) is 0 Å². The smallest absolute Gasteiger partial charge is 0.408 e. The minimum Gasteiger partial charge on any atom is -0.444 e. The zero-order chi connectivity index (χ0) is 20.7. The van der Waals surface area contributed by atoms with Crippen molar-refractivity contribution in [2.75, 3.05) is 26.2 Å². The van der Waals surface area contributed by atoms with Crippen molar-refractivity contribution < 1.29 is 19.1 Å². The Morgan fingerprint density at radius 1 is 1.18 bits per heavy atom. The Hall–Kier alpha value is -2.09. The van der Waals surface area contributed by atoms with Gasteiger partial charge < -0.3 is 20.3 Å². The molecule has 1 heterocycles. The van der Waals surface area contributed by atoms with Crippen LogP contribution in [0.4, 0.5) is 4.79 Å². The molecule has 0 aliphatic carbocycles. The van der Waals surface area contributed by atoms with Crippen LogP contribution in [0.1, 0.15) is 44.0 Å². The third kappa shape index (κ3) is 7.50. The van der Waals surface area contributed by atoms with Crippen molar-refractivity contribution in [3.05, 3.63) is 34.3 Å². The van der Waals surface area contributed by atoms with Crippen molar-refractivity contribution >= 4 is 33.8 Å². The molecule has 3 amide bonds. The maximum absolute atomic E-state index is 12.2. The molecule has 8 heteroatoms. The number of benzene rings is 1. The first-order chi connectivity index (χ1) is 13.1. The molecule has 1 aromatic rings. The second-order valence-electron chi connectivity index (χ2n) is 7.90. The maximum atomic E-state index is 12.2. The van der Waals surface area contributed by atoms with E-state index in [4.69, 9.17) is 4.74 Å². The summed E-state index contributed by atoms with van der Waals surface area (Å²) in [5.41, 5.74) is 0.0290. The minimum atomic E-state index is -0.592. The van der Waals surface area contributed by atoms with Crippen LogP contribution in [0.2, 0.25) is 0 Å². The first kappa shape index (κ1) is 22.2. The Balaban J connectivity index is 1.68. The van der Waals surface area contributed by atoms with Gasteiger partial charge in [0.1, 0.15) is 12.1 Å². The lowest BCUT2D eigenvalue weighted by atomic mass is 9.96. The number of nitrogens with zero attached hydrogens (tertiary/aromatic N) is 1. The van der Waals surface area contributed by atoms with Crippen LogP contribution in [0, 0.1) is 5.92 Å². The number of rotatable bonds is 5. The third-order valence-corrected chi connectivity index (χ3v) is 4.88. The van der Waals surface area contributed by atoms with Crippen molar-refractivity contribution in [2.24, 2.45) is 5.92 Å². The molecule has 2 N–H and O–H groups in total. The average molecular weight is 454 g/mol. The molecule has 154 valence electrons. The highest BCUT2D eigenvalue weighted by molar-refractivity contribution is 9.10. The fraction of sp³-hybridized carbons (Fsp3) is 0.550. The number of hydrogen-bond donors (Lipinski definition) is 2. The summed E-state index contributed by atoms with van der Waals surface area (Å²) in [6, 6.07) is 7.27. The van der Waals surface area contributed by atoms with Gasteiger partial charge in [-0.3, -0.25) is 9.59 Å². The van der Waals surface area contributed by atoms with Crippen molar-refractivity contribution in [3.8, 4) is 0 Å². The molecule has 7 nitrogen and oxygen atoms in total. The van der Waals surface area contributed by atoms with Crippen molar-refractivity contribution in [3.63, 3.8) is 0 Å². The number of ether oxygens (including phenoxy) is 1. The number of carbonyl (C=O) groups is 3. The molecule has 1 saturated heterocycles. The Morgan fingerprint density at radius 2 is 1.86 bits per heavy atom. The van der Waals surface area contributed by atoms with Crippen molar-refractivity contribution in [1.82, 2.24) is 15.5 Å². The molecule has 1 aliphatic rings. The number of piperidine rings is 1. The number of hydrogen-bond acceptors (Lipinski definition) is 4. The standard InChI is InChI=1S/C20H28BrN3O4/c1-20(2,3)28-19(27)23-13-17(25)24-9-7-14(8-10-24)12-22-18(26)15-5-4-6-16(21)11-15/h4-6,11,14H,7-10,12-13H2,1-3H3,(H,22,26)(H,23,27). The number of carbonyl (C=O) groups excluding carboxylic acids is 3. The lowest BCUT2D eigenvalue weighted by molar-refractivity contribution is -0.131. The van der Waals surface area contributed by atoms with Crippen molar-refractivity contribution in [1.29, 1.82) is 0 Å². The molecule has 0 bridgehead atoms. The molecule has 1 fully saturated rings. The normalized spacial score (nSPS) is 15.1. The Labute approximate surface area is 174 Å². The van der Waals surface area contributed by atoms with Gasteiger partial charge in [0.05, 0.1) is 0 Å². The molecule has 0 saturated carbocycles. The predicted molar refractivity (Wildman–Crippen MR) is 110 cm³/mol. The van der Waals surface area contributed by atoms with E-state index in [1.165, 1.54) is 0 Å². The maximum Gasteiger partial charge on any atom is 0.408 e. The second kappa shape index (κ2) is 9.91. The van der Waals surface area contributed by atoms with E-state index in [-0.39, 0.29) is 18.4 Å². The third-order valence-electron chi connectivity index (χ3n) is 4.39. The van der Waals surface area contributed by atoms with Crippen LogP contribution >= 0.6 is 15.9 Å². The summed E-state index contributed by atoms with van der Waals surface area (Å²) in [6.07, 6.45) is 1.04. The zero-order valence-electron chi connectivity index (χ0n) is 16.6. The number of likely N-dealkylation sites (tertiary alicyclic amines) is 1. The molecule has 0 unspecified atom stereocenters. The van der Waals surface area contributed by atoms with Crippen LogP contribution in [0.3, 0.4) is 0 Å². The minimum absolute atomic E-state index is 0.0702. The van der Waals surface area contributed by atoms with Gasteiger partial charge in [0.25, 0.3) is 5.91 Å². The number of alkyl carbamates (subject to hydrolysis) is 1. The SMILES string of the molecule is CC(C)(C)OC(=O)NCC(=O)N1CCC(CNC(=O)c2cccc(Br)c2)CC1. The van der Waals surface area contributed by atoms with Crippen LogP contribution < -0.4 is 10.6 Å². The summed E-state index contributed by atoms with van der Waals surface area (Å²) in [7, 11) is 0. The van der Waals surface area contributed by atoms with Crippen LogP contribution in [0.5, 0.6) is 0 Å². The first-order valence-corrected chi connectivity index (χ1v) is 10.2. The largest absolute Gasteiger partial charge is 0.444 e. The molecule has 2 rings (SSSR count). The quantitative estimate of drug-likeness (QED) is 0.716. The average Bonchev–Trinajstić information content (AvgIpc) is 2.63. The van der Waals surface area contributed by atoms with Gasteiger partial charge in [0.15, 0.2) is 0 Å². The fourth-order valence-electron chi connectivity index (χ4n) is 2.93. The second-order valence-corrected chi connectivity index (χ2v) is 8.82. The molecular formula is C20H28BrN3O4. The van der Waals surface area contributed by atoms with Crippen LogP contribution in [-0.4, -0.2) is 54.6 Å². The Kier molecular flexibility index (Phi) is 7.86. The summed E-state index contributed by atoms with van der Waals surface area (Å²) in [6.45, 7) is 7.07. The topological polar surface area (TPSA) is 87.7 Å². The highest BCUT2D eigenvalue weighted by Crippen LogP contribution is 2.17. The van der Waals surface area contributed by atoms with Gasteiger partial charge in [-0.15, -0.1) is 0 Å². The monoisotopic (exact) mass is 453 g/mol. The van der Waals surface area contributed by atoms with E-state index >= 15 is 0 Å². The molecule has 0 aromatic heterocycles. The van der Waals surface area contributed by atoms with Crippen LogP contribution in [0.15, 0.2) is 28.7 Å². The highest BCUT2D eigenvalue weighted by Gasteiger charge is 2.24. The number of amides is 3. The fourth-order valence-corrected chi connectivity index (χ4v) is 3.33. The number of halogens is 1. The molecule has 0 radical (unpaired) electrons. The molecule has 0 atom stereocenters. The van der Waals surface area contributed by atoms with Gasteiger partial charge in [-0.25, -0.2) is 4.79 Å². The Morgan fingerprint density at radius 3 is 2.46 bits per heavy atom. The van der Waals surface area contributed by atoms with E-state index in [0.29, 0.717) is 31.1 Å². The lowest BCUT2D eigenvalue weighted by Gasteiger charge is -2.32. The molecule has 1 aromatic carbocycles. The molecular weight excluding hydrogens is 426 g/mol. The van der Waals surface area contributed by atoms with Crippen molar-refractivity contribution in [2.45, 2.75) is 39.2 Å². The van der Waals surface area contributed by atoms with E-state index in [1.807, 2.05) is 12.1 Å². The highest BCUT2D eigenvalue weighted by atomic mass is 79.9. The van der Waals surface area contributed by atoms with Gasteiger partial charge >= 0.3 is 6.09 Å². The van der Waals surface area contributed by atoms with Crippen LogP contribution in [-0.2, 0) is 9.53 Å². The predicted octanol–water partition coefficient (Wildman–Crippen LogP) is 2.94. The van der Waals surface area contributed by atoms with E-state index in [9.17, 15) is 14.4 Å². The summed E-state index contributed by atoms with van der Waals surface area (Å²) in [5.74, 6) is 0.114. The summed E-state index contributed by atoms with van der Waals surface area (Å²) in [4.78, 5) is 37.8. The van der Waals surface area contributed by atoms with Gasteiger partial charge in [0.2, 0.25) is 5.91 Å². The zero-order valence-corrected chi connectivity index (χ0v) is 18.2. The molecule has 1 aliphatic heterocycles. The van der Waals surface area contributed by atoms with Gasteiger partial charge in [-0.05, 0) is 57.7 Å². The summed E-state index contributed by atoms with van der Waals surface area (Å²) in [5, 5.41) is 5.46. The number of nitrogens with one attached hydrogen (secondary N) is 2. The Bertz CT molecular complexity index is 710. The van der Waals surface area contributed by atoms with E-state index in [2.05, 4.69) is 26.6 Å². The van der Waals surface area contributed by atoms with E-state index in [1.54, 1.807) is 37.8 Å². The lowest BCUT2D eigenvalue weighted by Crippen LogP contribution is -2.46.